The van der Waals surface area contributed by atoms with E-state index < -0.39 is 0 Å². The van der Waals surface area contributed by atoms with Crippen molar-refractivity contribution in [2.24, 2.45) is 10.2 Å². The van der Waals surface area contributed by atoms with Crippen molar-refractivity contribution in [1.29, 1.82) is 0 Å². The van der Waals surface area contributed by atoms with Gasteiger partial charge in [-0.05, 0) is 97.8 Å². The van der Waals surface area contributed by atoms with Crippen molar-refractivity contribution in [3.8, 4) is 11.5 Å². The van der Waals surface area contributed by atoms with Crippen LogP contribution < -0.4 is 20.3 Å². The van der Waals surface area contributed by atoms with E-state index in [9.17, 15) is 4.79 Å². The summed E-state index contributed by atoms with van der Waals surface area (Å²) in [6.45, 7) is 3.75. The van der Waals surface area contributed by atoms with Crippen LogP contribution in [0.15, 0.2) is 83.0 Å². The first kappa shape index (κ1) is 22.6. The SMILES string of the molecule is COc1ccc(/C(C)=N\NC(=O)c2ccc(N/N=C(/C)c3ccc(OC)cc3)cc2)cc1. The van der Waals surface area contributed by atoms with Crippen LogP contribution in [0, 0.1) is 0 Å². The number of hydrogen-bond donors (Lipinski definition) is 2. The van der Waals surface area contributed by atoms with E-state index in [0.717, 1.165) is 34.0 Å². The number of hydrazone groups is 2. The zero-order chi connectivity index (χ0) is 22.9. The lowest BCUT2D eigenvalue weighted by molar-refractivity contribution is 0.0955. The van der Waals surface area contributed by atoms with Crippen LogP contribution in [0.4, 0.5) is 5.69 Å². The van der Waals surface area contributed by atoms with Gasteiger partial charge in [0.1, 0.15) is 11.5 Å². The summed E-state index contributed by atoms with van der Waals surface area (Å²) in [7, 11) is 3.25. The minimum atomic E-state index is -0.290. The molecule has 0 fully saturated rings. The largest absolute Gasteiger partial charge is 0.497 e. The van der Waals surface area contributed by atoms with Crippen LogP contribution in [0.3, 0.4) is 0 Å². The van der Waals surface area contributed by atoms with Gasteiger partial charge in [0.2, 0.25) is 0 Å². The van der Waals surface area contributed by atoms with E-state index in [1.54, 1.807) is 38.5 Å². The fraction of sp³-hybridized carbons (Fsp3) is 0.160. The summed E-state index contributed by atoms with van der Waals surface area (Å²) >= 11 is 0. The number of nitrogens with zero attached hydrogens (tertiary/aromatic N) is 2. The Kier molecular flexibility index (Phi) is 7.59. The number of benzene rings is 3. The van der Waals surface area contributed by atoms with Crippen LogP contribution in [-0.2, 0) is 0 Å². The molecule has 0 unspecified atom stereocenters. The average Bonchev–Trinajstić information content (AvgIpc) is 2.86. The highest BCUT2D eigenvalue weighted by atomic mass is 16.5. The molecule has 32 heavy (non-hydrogen) atoms. The maximum atomic E-state index is 12.4. The van der Waals surface area contributed by atoms with Crippen LogP contribution in [0.25, 0.3) is 0 Å². The number of methoxy groups -OCH3 is 2. The first-order valence-corrected chi connectivity index (χ1v) is 10.0. The molecule has 0 atom stereocenters. The Balaban J connectivity index is 1.58. The predicted octanol–water partition coefficient (Wildman–Crippen LogP) is 4.69. The maximum absolute atomic E-state index is 12.4. The first-order chi connectivity index (χ1) is 15.5. The molecule has 7 heteroatoms. The van der Waals surface area contributed by atoms with E-state index in [1.165, 1.54) is 0 Å². The van der Waals surface area contributed by atoms with Gasteiger partial charge in [0.05, 0.1) is 31.3 Å². The van der Waals surface area contributed by atoms with Crippen molar-refractivity contribution in [2.75, 3.05) is 19.6 Å². The molecular formula is C25H26N4O3. The lowest BCUT2D eigenvalue weighted by Crippen LogP contribution is -2.19. The molecule has 0 saturated carbocycles. The molecule has 0 spiro atoms. The van der Waals surface area contributed by atoms with Crippen molar-refractivity contribution in [3.63, 3.8) is 0 Å². The maximum Gasteiger partial charge on any atom is 0.271 e. The van der Waals surface area contributed by atoms with Gasteiger partial charge >= 0.3 is 0 Å². The zero-order valence-electron chi connectivity index (χ0n) is 18.5. The van der Waals surface area contributed by atoms with Gasteiger partial charge in [-0.3, -0.25) is 10.2 Å². The molecule has 0 saturated heterocycles. The average molecular weight is 431 g/mol. The zero-order valence-corrected chi connectivity index (χ0v) is 18.5. The van der Waals surface area contributed by atoms with Crippen molar-refractivity contribution in [1.82, 2.24) is 5.43 Å². The van der Waals surface area contributed by atoms with Crippen LogP contribution >= 0.6 is 0 Å². The van der Waals surface area contributed by atoms with E-state index in [0.29, 0.717) is 11.3 Å². The lowest BCUT2D eigenvalue weighted by Gasteiger charge is -2.06. The Morgan fingerprint density at radius 3 is 1.56 bits per heavy atom. The number of nitrogens with one attached hydrogen (secondary N) is 2. The molecule has 3 rings (SSSR count). The van der Waals surface area contributed by atoms with Gasteiger partial charge in [0.15, 0.2) is 0 Å². The summed E-state index contributed by atoms with van der Waals surface area (Å²) < 4.78 is 10.3. The normalized spacial score (nSPS) is 11.6. The van der Waals surface area contributed by atoms with Gasteiger partial charge in [-0.2, -0.15) is 10.2 Å². The minimum Gasteiger partial charge on any atom is -0.497 e. The Morgan fingerprint density at radius 1 is 0.656 bits per heavy atom. The summed E-state index contributed by atoms with van der Waals surface area (Å²) in [6, 6.07) is 22.2. The summed E-state index contributed by atoms with van der Waals surface area (Å²) in [5.41, 5.74) is 10.3. The Bertz CT molecular complexity index is 1100. The van der Waals surface area contributed by atoms with Crippen LogP contribution in [0.2, 0.25) is 0 Å². The smallest absolute Gasteiger partial charge is 0.271 e. The predicted molar refractivity (Wildman–Crippen MR) is 128 cm³/mol. The van der Waals surface area contributed by atoms with E-state index >= 15 is 0 Å². The molecule has 1 amide bonds. The Labute approximate surface area is 187 Å². The van der Waals surface area contributed by atoms with Crippen LogP contribution in [0.5, 0.6) is 11.5 Å². The molecule has 3 aromatic carbocycles. The third kappa shape index (κ3) is 5.95. The molecule has 0 aliphatic heterocycles. The van der Waals surface area contributed by atoms with Gasteiger partial charge < -0.3 is 9.47 Å². The number of hydrogen-bond acceptors (Lipinski definition) is 6. The molecule has 0 aromatic heterocycles. The Hall–Kier alpha value is -4.13. The van der Waals surface area contributed by atoms with E-state index in [2.05, 4.69) is 21.1 Å². The van der Waals surface area contributed by atoms with Crippen molar-refractivity contribution >= 4 is 23.0 Å². The summed E-state index contributed by atoms with van der Waals surface area (Å²) in [4.78, 5) is 12.4. The second kappa shape index (κ2) is 10.8. The van der Waals surface area contributed by atoms with E-state index in [1.807, 2.05) is 62.4 Å². The van der Waals surface area contributed by atoms with Crippen molar-refractivity contribution < 1.29 is 14.3 Å². The van der Waals surface area contributed by atoms with Gasteiger partial charge in [0.25, 0.3) is 5.91 Å². The highest BCUT2D eigenvalue weighted by Gasteiger charge is 2.06. The number of anilines is 1. The Morgan fingerprint density at radius 2 is 1.09 bits per heavy atom. The third-order valence-electron chi connectivity index (χ3n) is 4.84. The molecule has 164 valence electrons. The lowest BCUT2D eigenvalue weighted by atomic mass is 10.1. The van der Waals surface area contributed by atoms with Crippen molar-refractivity contribution in [2.45, 2.75) is 13.8 Å². The van der Waals surface area contributed by atoms with Crippen LogP contribution in [0.1, 0.15) is 35.3 Å². The molecule has 0 bridgehead atoms. The van der Waals surface area contributed by atoms with Gasteiger partial charge in [-0.15, -0.1) is 0 Å². The molecule has 0 heterocycles. The van der Waals surface area contributed by atoms with E-state index in [4.69, 9.17) is 9.47 Å². The number of ether oxygens (including phenoxy) is 2. The fourth-order valence-corrected chi connectivity index (χ4v) is 2.84. The quantitative estimate of drug-likeness (QED) is 0.401. The highest BCUT2D eigenvalue weighted by Crippen LogP contribution is 2.14. The molecule has 0 radical (unpaired) electrons. The molecular weight excluding hydrogens is 404 g/mol. The summed E-state index contributed by atoms with van der Waals surface area (Å²) in [6.07, 6.45) is 0. The van der Waals surface area contributed by atoms with Gasteiger partial charge in [-0.25, -0.2) is 5.43 Å². The molecule has 2 N–H and O–H groups in total. The summed E-state index contributed by atoms with van der Waals surface area (Å²) in [5, 5.41) is 8.58. The monoisotopic (exact) mass is 430 g/mol. The number of amides is 1. The minimum absolute atomic E-state index is 0.290. The van der Waals surface area contributed by atoms with E-state index in [-0.39, 0.29) is 5.91 Å². The molecule has 3 aromatic rings. The fourth-order valence-electron chi connectivity index (χ4n) is 2.84. The second-order valence-corrected chi connectivity index (χ2v) is 6.98. The van der Waals surface area contributed by atoms with Gasteiger partial charge in [0, 0.05) is 5.56 Å². The molecule has 7 nitrogen and oxygen atoms in total. The second-order valence-electron chi connectivity index (χ2n) is 6.98. The summed E-state index contributed by atoms with van der Waals surface area (Å²) in [5.74, 6) is 1.28. The number of carbonyl (C=O) groups is 1. The molecule has 0 aliphatic carbocycles. The third-order valence-corrected chi connectivity index (χ3v) is 4.84. The topological polar surface area (TPSA) is 84.3 Å². The first-order valence-electron chi connectivity index (χ1n) is 10.0. The van der Waals surface area contributed by atoms with Gasteiger partial charge in [-0.1, -0.05) is 0 Å². The highest BCUT2D eigenvalue weighted by molar-refractivity contribution is 6.01. The van der Waals surface area contributed by atoms with Crippen molar-refractivity contribution in [3.05, 3.63) is 89.5 Å². The standard InChI is InChI=1S/C25H26N4O3/c1-17(19-7-13-23(31-3)14-8-19)26-28-22-11-5-21(6-12-22)25(30)29-27-18(2)20-9-15-24(32-4)16-10-20/h5-16,28H,1-4H3,(H,29,30)/b26-17-,27-18-. The number of carbonyl (C=O) groups excluding carboxylic acids is 1. The molecule has 0 aliphatic rings. The van der Waals surface area contributed by atoms with Crippen LogP contribution in [-0.4, -0.2) is 31.6 Å². The number of rotatable bonds is 8.